The molecule has 2 rings (SSSR count). The number of carbonyl (C=O) groups excluding carboxylic acids is 1. The van der Waals surface area contributed by atoms with Crippen LogP contribution in [0.4, 0.5) is 11.4 Å². The topological polar surface area (TPSA) is 55.1 Å². The number of hydrogen-bond donors (Lipinski definition) is 2. The first-order chi connectivity index (χ1) is 8.99. The number of hydrogen-bond acceptors (Lipinski definition) is 2. The van der Waals surface area contributed by atoms with Crippen molar-refractivity contribution in [2.24, 2.45) is 0 Å². The molecule has 0 unspecified atom stereocenters. The highest BCUT2D eigenvalue weighted by molar-refractivity contribution is 9.10. The van der Waals surface area contributed by atoms with Gasteiger partial charge in [-0.15, -0.1) is 0 Å². The van der Waals surface area contributed by atoms with Gasteiger partial charge in [0.2, 0.25) is 0 Å². The Bertz CT molecular complexity index is 643. The van der Waals surface area contributed by atoms with Crippen molar-refractivity contribution in [3.8, 4) is 0 Å². The summed E-state index contributed by atoms with van der Waals surface area (Å²) in [5, 5.41) is 3.32. The second-order valence-corrected chi connectivity index (χ2v) is 5.35. The number of nitrogens with one attached hydrogen (secondary N) is 1. The van der Waals surface area contributed by atoms with Crippen LogP contribution in [0.25, 0.3) is 0 Å². The Kier molecular flexibility index (Phi) is 4.12. The van der Waals surface area contributed by atoms with E-state index < -0.39 is 0 Å². The third-order valence-corrected chi connectivity index (χ3v) is 4.05. The summed E-state index contributed by atoms with van der Waals surface area (Å²) in [5.74, 6) is -0.260. The van der Waals surface area contributed by atoms with Crippen molar-refractivity contribution in [3.05, 3.63) is 57.0 Å². The third kappa shape index (κ3) is 3.08. The Labute approximate surface area is 124 Å². The van der Waals surface area contributed by atoms with Crippen LogP contribution in [0.3, 0.4) is 0 Å². The summed E-state index contributed by atoms with van der Waals surface area (Å²) >= 11 is 9.31. The van der Waals surface area contributed by atoms with Gasteiger partial charge in [0.1, 0.15) is 0 Å². The van der Waals surface area contributed by atoms with E-state index in [0.29, 0.717) is 26.4 Å². The first kappa shape index (κ1) is 13.9. The summed E-state index contributed by atoms with van der Waals surface area (Å²) in [4.78, 5) is 12.2. The molecule has 0 spiro atoms. The van der Waals surface area contributed by atoms with E-state index in [2.05, 4.69) is 21.2 Å². The molecule has 0 bridgehead atoms. The van der Waals surface area contributed by atoms with Gasteiger partial charge >= 0.3 is 0 Å². The lowest BCUT2D eigenvalue weighted by Gasteiger charge is -2.10. The molecule has 3 N–H and O–H groups in total. The normalized spacial score (nSPS) is 10.3. The molecule has 98 valence electrons. The van der Waals surface area contributed by atoms with Crippen LogP contribution in [0.2, 0.25) is 5.02 Å². The quantitative estimate of drug-likeness (QED) is 0.804. The number of anilines is 2. The summed E-state index contributed by atoms with van der Waals surface area (Å²) in [5.41, 5.74) is 8.30. The molecule has 3 nitrogen and oxygen atoms in total. The van der Waals surface area contributed by atoms with Gasteiger partial charge < -0.3 is 11.1 Å². The average Bonchev–Trinajstić information content (AvgIpc) is 2.38. The zero-order chi connectivity index (χ0) is 14.0. The lowest BCUT2D eigenvalue weighted by Crippen LogP contribution is -2.14. The van der Waals surface area contributed by atoms with Crippen molar-refractivity contribution >= 4 is 44.8 Å². The predicted octanol–water partition coefficient (Wildman–Crippen LogP) is 4.25. The van der Waals surface area contributed by atoms with E-state index in [1.54, 1.807) is 30.3 Å². The first-order valence-electron chi connectivity index (χ1n) is 5.60. The standard InChI is InChI=1S/C14H12BrClN2O/c1-8-5-6-11(17)9(7-8)14(19)18-12-4-2-3-10(16)13(12)15/h2-7H,17H2,1H3,(H,18,19). The highest BCUT2D eigenvalue weighted by Crippen LogP contribution is 2.30. The Morgan fingerprint density at radius 1 is 1.32 bits per heavy atom. The monoisotopic (exact) mass is 338 g/mol. The maximum atomic E-state index is 12.2. The van der Waals surface area contributed by atoms with E-state index in [9.17, 15) is 4.79 Å². The number of benzene rings is 2. The second-order valence-electron chi connectivity index (χ2n) is 4.15. The fourth-order valence-electron chi connectivity index (χ4n) is 1.66. The minimum absolute atomic E-state index is 0.260. The Balaban J connectivity index is 2.31. The fraction of sp³-hybridized carbons (Fsp3) is 0.0714. The van der Waals surface area contributed by atoms with Crippen molar-refractivity contribution in [2.75, 3.05) is 11.1 Å². The number of rotatable bonds is 2. The first-order valence-corrected chi connectivity index (χ1v) is 6.77. The minimum atomic E-state index is -0.260. The summed E-state index contributed by atoms with van der Waals surface area (Å²) in [6, 6.07) is 10.6. The molecular formula is C14H12BrClN2O. The largest absolute Gasteiger partial charge is 0.398 e. The van der Waals surface area contributed by atoms with E-state index >= 15 is 0 Å². The van der Waals surface area contributed by atoms with Crippen LogP contribution >= 0.6 is 27.5 Å². The molecule has 0 aliphatic rings. The molecule has 2 aromatic rings. The molecule has 0 fully saturated rings. The second kappa shape index (κ2) is 5.63. The van der Waals surface area contributed by atoms with Gasteiger partial charge in [0.15, 0.2) is 0 Å². The number of carbonyl (C=O) groups is 1. The molecule has 1 amide bonds. The molecule has 0 heterocycles. The lowest BCUT2D eigenvalue weighted by atomic mass is 10.1. The number of nitrogens with two attached hydrogens (primary N) is 1. The number of nitrogen functional groups attached to an aromatic ring is 1. The van der Waals surface area contributed by atoms with Crippen LogP contribution in [0.5, 0.6) is 0 Å². The Hall–Kier alpha value is -1.52. The molecule has 0 aliphatic carbocycles. The zero-order valence-corrected chi connectivity index (χ0v) is 12.5. The van der Waals surface area contributed by atoms with Gasteiger partial charge in [-0.2, -0.15) is 0 Å². The van der Waals surface area contributed by atoms with E-state index in [0.717, 1.165) is 5.56 Å². The SMILES string of the molecule is Cc1ccc(N)c(C(=O)Nc2cccc(Cl)c2Br)c1. The van der Waals surface area contributed by atoms with E-state index in [4.69, 9.17) is 17.3 Å². The van der Waals surface area contributed by atoms with Gasteiger partial charge in [0.25, 0.3) is 5.91 Å². The average molecular weight is 340 g/mol. The van der Waals surface area contributed by atoms with E-state index in [-0.39, 0.29) is 5.91 Å². The number of amides is 1. The molecule has 0 saturated heterocycles. The summed E-state index contributed by atoms with van der Waals surface area (Å²) in [7, 11) is 0. The Morgan fingerprint density at radius 3 is 2.79 bits per heavy atom. The smallest absolute Gasteiger partial charge is 0.257 e. The summed E-state index contributed by atoms with van der Waals surface area (Å²) in [6.45, 7) is 1.91. The number of aryl methyl sites for hydroxylation is 1. The van der Waals surface area contributed by atoms with Gasteiger partial charge in [-0.25, -0.2) is 0 Å². The van der Waals surface area contributed by atoms with Crippen LogP contribution < -0.4 is 11.1 Å². The third-order valence-electron chi connectivity index (χ3n) is 2.65. The van der Waals surface area contributed by atoms with Crippen LogP contribution in [0.1, 0.15) is 15.9 Å². The maximum Gasteiger partial charge on any atom is 0.257 e. The Morgan fingerprint density at radius 2 is 2.05 bits per heavy atom. The highest BCUT2D eigenvalue weighted by atomic mass is 79.9. The molecule has 5 heteroatoms. The van der Waals surface area contributed by atoms with Crippen LogP contribution in [-0.4, -0.2) is 5.91 Å². The molecule has 0 aromatic heterocycles. The maximum absolute atomic E-state index is 12.2. The molecule has 2 aromatic carbocycles. The molecule has 0 atom stereocenters. The fourth-order valence-corrected chi connectivity index (χ4v) is 2.19. The molecule has 0 saturated carbocycles. The molecule has 19 heavy (non-hydrogen) atoms. The van der Waals surface area contributed by atoms with Crippen molar-refractivity contribution in [1.29, 1.82) is 0 Å². The molecular weight excluding hydrogens is 328 g/mol. The minimum Gasteiger partial charge on any atom is -0.398 e. The van der Waals surface area contributed by atoms with Crippen LogP contribution in [0.15, 0.2) is 40.9 Å². The highest BCUT2D eigenvalue weighted by Gasteiger charge is 2.12. The number of halogens is 2. The van der Waals surface area contributed by atoms with Gasteiger partial charge in [-0.3, -0.25) is 4.79 Å². The van der Waals surface area contributed by atoms with E-state index in [1.807, 2.05) is 13.0 Å². The summed E-state index contributed by atoms with van der Waals surface area (Å²) in [6.07, 6.45) is 0. The van der Waals surface area contributed by atoms with Gasteiger partial charge in [0, 0.05) is 5.69 Å². The van der Waals surface area contributed by atoms with Crippen LogP contribution in [-0.2, 0) is 0 Å². The van der Waals surface area contributed by atoms with Gasteiger partial charge in [-0.05, 0) is 47.1 Å². The van der Waals surface area contributed by atoms with E-state index in [1.165, 1.54) is 0 Å². The van der Waals surface area contributed by atoms with Crippen molar-refractivity contribution < 1.29 is 4.79 Å². The summed E-state index contributed by atoms with van der Waals surface area (Å²) < 4.78 is 0.649. The van der Waals surface area contributed by atoms with Crippen molar-refractivity contribution in [1.82, 2.24) is 0 Å². The van der Waals surface area contributed by atoms with Crippen molar-refractivity contribution in [2.45, 2.75) is 6.92 Å². The predicted molar refractivity (Wildman–Crippen MR) is 82.7 cm³/mol. The zero-order valence-electron chi connectivity index (χ0n) is 10.2. The van der Waals surface area contributed by atoms with Gasteiger partial charge in [0.05, 0.1) is 20.7 Å². The molecule has 0 aliphatic heterocycles. The van der Waals surface area contributed by atoms with Gasteiger partial charge in [-0.1, -0.05) is 29.3 Å². The lowest BCUT2D eigenvalue weighted by molar-refractivity contribution is 0.102. The molecule has 0 radical (unpaired) electrons. The van der Waals surface area contributed by atoms with Crippen LogP contribution in [0, 0.1) is 6.92 Å². The van der Waals surface area contributed by atoms with Crippen molar-refractivity contribution in [3.63, 3.8) is 0 Å².